The first-order valence-electron chi connectivity index (χ1n) is 6.58. The molecule has 0 atom stereocenters. The minimum atomic E-state index is 0.0771. The summed E-state index contributed by atoms with van der Waals surface area (Å²) in [7, 11) is 1.65. The van der Waals surface area contributed by atoms with Crippen molar-refractivity contribution in [2.75, 3.05) is 46.4 Å². The van der Waals surface area contributed by atoms with Gasteiger partial charge in [0.25, 0.3) is 0 Å². The lowest BCUT2D eigenvalue weighted by atomic mass is 10.1. The third-order valence-corrected chi connectivity index (χ3v) is 3.11. The van der Waals surface area contributed by atoms with Gasteiger partial charge in [-0.15, -0.1) is 6.58 Å². The van der Waals surface area contributed by atoms with Crippen molar-refractivity contribution in [1.82, 2.24) is 15.5 Å². The van der Waals surface area contributed by atoms with Gasteiger partial charge in [-0.25, -0.2) is 0 Å². The van der Waals surface area contributed by atoms with Crippen LogP contribution in [0, 0.1) is 0 Å². The fourth-order valence-electron chi connectivity index (χ4n) is 2.10. The molecule has 5 nitrogen and oxygen atoms in total. The number of piperidine rings is 1. The second-order valence-corrected chi connectivity index (χ2v) is 4.60. The molecule has 1 saturated heterocycles. The largest absolute Gasteiger partial charge is 0.383 e. The van der Waals surface area contributed by atoms with E-state index in [9.17, 15) is 4.79 Å². The maximum Gasteiger partial charge on any atom is 0.234 e. The molecule has 0 aromatic rings. The minimum Gasteiger partial charge on any atom is -0.383 e. The van der Waals surface area contributed by atoms with Crippen LogP contribution in [0.1, 0.15) is 12.8 Å². The van der Waals surface area contributed by atoms with Gasteiger partial charge in [-0.3, -0.25) is 9.69 Å². The molecule has 0 saturated carbocycles. The fourth-order valence-corrected chi connectivity index (χ4v) is 2.10. The molecule has 1 amide bonds. The normalized spacial score (nSPS) is 17.6. The average molecular weight is 255 g/mol. The number of hydrogen-bond acceptors (Lipinski definition) is 4. The van der Waals surface area contributed by atoms with E-state index in [2.05, 4.69) is 22.1 Å². The Kier molecular flexibility index (Phi) is 7.64. The number of nitrogens with one attached hydrogen (secondary N) is 2. The molecule has 1 fully saturated rings. The SMILES string of the molecule is C=CCN1CCC(NC(=O)CNCCOC)CC1. The topological polar surface area (TPSA) is 53.6 Å². The van der Waals surface area contributed by atoms with E-state index in [-0.39, 0.29) is 5.91 Å². The summed E-state index contributed by atoms with van der Waals surface area (Å²) in [5.41, 5.74) is 0. The first-order chi connectivity index (χ1) is 8.76. The van der Waals surface area contributed by atoms with Crippen molar-refractivity contribution in [3.8, 4) is 0 Å². The number of rotatable bonds is 8. The monoisotopic (exact) mass is 255 g/mol. The molecule has 0 spiro atoms. The molecular weight excluding hydrogens is 230 g/mol. The predicted octanol–water partition coefficient (Wildman–Crippen LogP) is -0.0110. The Morgan fingerprint density at radius 2 is 2.22 bits per heavy atom. The van der Waals surface area contributed by atoms with Gasteiger partial charge in [0.05, 0.1) is 13.2 Å². The number of ether oxygens (including phenoxy) is 1. The first-order valence-corrected chi connectivity index (χ1v) is 6.58. The van der Waals surface area contributed by atoms with E-state index in [1.807, 2.05) is 6.08 Å². The van der Waals surface area contributed by atoms with Gasteiger partial charge < -0.3 is 15.4 Å². The van der Waals surface area contributed by atoms with Crippen LogP contribution in [0.4, 0.5) is 0 Å². The number of carbonyl (C=O) groups excluding carboxylic acids is 1. The highest BCUT2D eigenvalue weighted by Gasteiger charge is 2.19. The molecule has 0 aromatic carbocycles. The number of nitrogens with zero attached hydrogens (tertiary/aromatic N) is 1. The minimum absolute atomic E-state index is 0.0771. The van der Waals surface area contributed by atoms with Crippen molar-refractivity contribution >= 4 is 5.91 Å². The lowest BCUT2D eigenvalue weighted by molar-refractivity contribution is -0.121. The smallest absolute Gasteiger partial charge is 0.234 e. The molecule has 1 aliphatic rings. The van der Waals surface area contributed by atoms with Crippen LogP contribution in [0.15, 0.2) is 12.7 Å². The Morgan fingerprint density at radius 3 is 2.83 bits per heavy atom. The van der Waals surface area contributed by atoms with Gasteiger partial charge in [0.15, 0.2) is 0 Å². The number of amides is 1. The van der Waals surface area contributed by atoms with E-state index in [1.165, 1.54) is 0 Å². The molecular formula is C13H25N3O2. The molecule has 0 unspecified atom stereocenters. The van der Waals surface area contributed by atoms with Crippen molar-refractivity contribution in [3.63, 3.8) is 0 Å². The van der Waals surface area contributed by atoms with Gasteiger partial charge in [-0.1, -0.05) is 6.08 Å². The lowest BCUT2D eigenvalue weighted by Crippen LogP contribution is -2.47. The Morgan fingerprint density at radius 1 is 1.50 bits per heavy atom. The van der Waals surface area contributed by atoms with Gasteiger partial charge in [0.1, 0.15) is 0 Å². The van der Waals surface area contributed by atoms with Crippen LogP contribution in [0.25, 0.3) is 0 Å². The van der Waals surface area contributed by atoms with E-state index in [0.29, 0.717) is 25.7 Å². The van der Waals surface area contributed by atoms with Crippen molar-refractivity contribution in [3.05, 3.63) is 12.7 Å². The van der Waals surface area contributed by atoms with Gasteiger partial charge in [-0.2, -0.15) is 0 Å². The van der Waals surface area contributed by atoms with Crippen LogP contribution < -0.4 is 10.6 Å². The van der Waals surface area contributed by atoms with Crippen LogP contribution in [0.5, 0.6) is 0 Å². The zero-order valence-corrected chi connectivity index (χ0v) is 11.3. The Bertz CT molecular complexity index is 251. The van der Waals surface area contributed by atoms with Gasteiger partial charge >= 0.3 is 0 Å². The van der Waals surface area contributed by atoms with Crippen molar-refractivity contribution < 1.29 is 9.53 Å². The Labute approximate surface area is 110 Å². The summed E-state index contributed by atoms with van der Waals surface area (Å²) in [6.45, 7) is 8.47. The van der Waals surface area contributed by atoms with Gasteiger partial charge in [0, 0.05) is 39.3 Å². The molecule has 1 heterocycles. The zero-order chi connectivity index (χ0) is 13.2. The molecule has 18 heavy (non-hydrogen) atoms. The second kappa shape index (κ2) is 9.08. The summed E-state index contributed by atoms with van der Waals surface area (Å²) >= 11 is 0. The highest BCUT2D eigenvalue weighted by Crippen LogP contribution is 2.09. The first kappa shape index (κ1) is 15.1. The van der Waals surface area contributed by atoms with Crippen LogP contribution >= 0.6 is 0 Å². The van der Waals surface area contributed by atoms with Crippen LogP contribution in [-0.4, -0.2) is 63.3 Å². The summed E-state index contributed by atoms with van der Waals surface area (Å²) in [6, 6.07) is 0.322. The molecule has 2 N–H and O–H groups in total. The molecule has 104 valence electrons. The highest BCUT2D eigenvalue weighted by atomic mass is 16.5. The van der Waals surface area contributed by atoms with Crippen LogP contribution in [0.3, 0.4) is 0 Å². The number of hydrogen-bond donors (Lipinski definition) is 2. The van der Waals surface area contributed by atoms with Crippen LogP contribution in [-0.2, 0) is 9.53 Å². The molecule has 0 bridgehead atoms. The van der Waals surface area contributed by atoms with E-state index in [4.69, 9.17) is 4.74 Å². The summed E-state index contributed by atoms with van der Waals surface area (Å²) in [4.78, 5) is 14.0. The molecule has 0 radical (unpaired) electrons. The standard InChI is InChI=1S/C13H25N3O2/c1-3-7-16-8-4-12(5-9-16)15-13(17)11-14-6-10-18-2/h3,12,14H,1,4-11H2,2H3,(H,15,17). The van der Waals surface area contributed by atoms with Crippen molar-refractivity contribution in [1.29, 1.82) is 0 Å². The van der Waals surface area contributed by atoms with E-state index >= 15 is 0 Å². The summed E-state index contributed by atoms with van der Waals surface area (Å²) < 4.78 is 4.90. The number of methoxy groups -OCH3 is 1. The van der Waals surface area contributed by atoms with Gasteiger partial charge in [0.2, 0.25) is 5.91 Å². The number of likely N-dealkylation sites (tertiary alicyclic amines) is 1. The average Bonchev–Trinajstić information content (AvgIpc) is 2.37. The van der Waals surface area contributed by atoms with Crippen molar-refractivity contribution in [2.24, 2.45) is 0 Å². The lowest BCUT2D eigenvalue weighted by Gasteiger charge is -2.31. The molecule has 1 rings (SSSR count). The Hall–Kier alpha value is -0.910. The zero-order valence-electron chi connectivity index (χ0n) is 11.3. The molecule has 0 aliphatic carbocycles. The molecule has 1 aliphatic heterocycles. The van der Waals surface area contributed by atoms with E-state index in [1.54, 1.807) is 7.11 Å². The van der Waals surface area contributed by atoms with E-state index in [0.717, 1.165) is 32.5 Å². The molecule has 5 heteroatoms. The Balaban J connectivity index is 2.08. The maximum absolute atomic E-state index is 11.6. The van der Waals surface area contributed by atoms with Crippen molar-refractivity contribution in [2.45, 2.75) is 18.9 Å². The predicted molar refractivity (Wildman–Crippen MR) is 72.5 cm³/mol. The summed E-state index contributed by atoms with van der Waals surface area (Å²) in [6.07, 6.45) is 3.98. The maximum atomic E-state index is 11.6. The second-order valence-electron chi connectivity index (χ2n) is 4.60. The van der Waals surface area contributed by atoms with Gasteiger partial charge in [-0.05, 0) is 12.8 Å². The highest BCUT2D eigenvalue weighted by molar-refractivity contribution is 5.78. The fraction of sp³-hybridized carbons (Fsp3) is 0.769. The molecule has 0 aromatic heterocycles. The van der Waals surface area contributed by atoms with E-state index < -0.39 is 0 Å². The summed E-state index contributed by atoms with van der Waals surface area (Å²) in [5, 5.41) is 6.11. The third-order valence-electron chi connectivity index (χ3n) is 3.11. The van der Waals surface area contributed by atoms with Crippen LogP contribution in [0.2, 0.25) is 0 Å². The number of carbonyl (C=O) groups is 1. The summed E-state index contributed by atoms with van der Waals surface area (Å²) in [5.74, 6) is 0.0771. The third kappa shape index (κ3) is 6.14. The quantitative estimate of drug-likeness (QED) is 0.473.